The van der Waals surface area contributed by atoms with E-state index in [0.717, 1.165) is 51.4 Å². The fourth-order valence-electron chi connectivity index (χ4n) is 6.20. The van der Waals surface area contributed by atoms with E-state index in [2.05, 4.69) is 25.7 Å². The van der Waals surface area contributed by atoms with Crippen LogP contribution in [0.2, 0.25) is 0 Å². The van der Waals surface area contributed by atoms with Crippen molar-refractivity contribution in [1.29, 1.82) is 0 Å². The fourth-order valence-corrected chi connectivity index (χ4v) is 6.96. The number of hydrogen-bond donors (Lipinski definition) is 2. The molecule has 0 heterocycles. The van der Waals surface area contributed by atoms with Gasteiger partial charge in [0.05, 0.1) is 13.2 Å². The van der Waals surface area contributed by atoms with Gasteiger partial charge in [-0.05, 0) is 51.4 Å². The first-order chi connectivity index (χ1) is 25.8. The molecule has 0 rings (SSSR count). The van der Waals surface area contributed by atoms with Crippen molar-refractivity contribution >= 4 is 19.8 Å². The van der Waals surface area contributed by atoms with Gasteiger partial charge in [-0.1, -0.05) is 160 Å². The van der Waals surface area contributed by atoms with E-state index in [1.54, 1.807) is 0 Å². The van der Waals surface area contributed by atoms with Gasteiger partial charge < -0.3 is 20.1 Å². The molecule has 0 amide bonds. The second-order valence-corrected chi connectivity index (χ2v) is 16.1. The molecule has 3 N–H and O–H groups in total. The minimum Gasteiger partial charge on any atom is -0.462 e. The second-order valence-electron chi connectivity index (χ2n) is 14.6. The molecule has 53 heavy (non-hydrogen) atoms. The summed E-state index contributed by atoms with van der Waals surface area (Å²) < 4.78 is 32.8. The Morgan fingerprint density at radius 2 is 1.02 bits per heavy atom. The van der Waals surface area contributed by atoms with E-state index < -0.39 is 26.5 Å². The third-order valence-electron chi connectivity index (χ3n) is 9.46. The van der Waals surface area contributed by atoms with E-state index in [4.69, 9.17) is 24.3 Å². The molecule has 0 aliphatic heterocycles. The molecule has 0 bridgehead atoms. The van der Waals surface area contributed by atoms with Gasteiger partial charge >= 0.3 is 19.8 Å². The summed E-state index contributed by atoms with van der Waals surface area (Å²) in [6.45, 7) is 5.26. The molecular weight excluding hydrogens is 689 g/mol. The third-order valence-corrected chi connectivity index (χ3v) is 10.4. The van der Waals surface area contributed by atoms with Crippen molar-refractivity contribution in [3.8, 4) is 0 Å². The fraction of sp³-hybridized carbons (Fsp3) is 0.860. The second kappa shape index (κ2) is 40.2. The third kappa shape index (κ3) is 40.0. The summed E-state index contributed by atoms with van der Waals surface area (Å²) in [6, 6.07) is 0. The van der Waals surface area contributed by atoms with Crippen LogP contribution in [0.5, 0.6) is 0 Å². The number of nitrogens with two attached hydrogens (primary N) is 1. The molecule has 0 aliphatic carbocycles. The van der Waals surface area contributed by atoms with Gasteiger partial charge in [0.25, 0.3) is 0 Å². The summed E-state index contributed by atoms with van der Waals surface area (Å²) in [6.07, 6.45) is 40.9. The number of carbonyl (C=O) groups is 2. The van der Waals surface area contributed by atoms with Gasteiger partial charge in [-0.2, -0.15) is 0 Å². The van der Waals surface area contributed by atoms with E-state index >= 15 is 0 Å². The van der Waals surface area contributed by atoms with Crippen molar-refractivity contribution in [1.82, 2.24) is 0 Å². The maximum atomic E-state index is 12.6. The summed E-state index contributed by atoms with van der Waals surface area (Å²) in [5.74, 6) is -0.830. The predicted octanol–water partition coefficient (Wildman–Crippen LogP) is 12.4. The zero-order chi connectivity index (χ0) is 38.9. The molecule has 0 fully saturated rings. The Kier molecular flexibility index (Phi) is 39.0. The lowest BCUT2D eigenvalue weighted by atomic mass is 10.0. The number of phosphoric ester groups is 1. The first-order valence-electron chi connectivity index (χ1n) is 21.8. The van der Waals surface area contributed by atoms with Crippen molar-refractivity contribution in [2.45, 2.75) is 212 Å². The Hall–Kier alpha value is -1.51. The van der Waals surface area contributed by atoms with Crippen molar-refractivity contribution in [2.24, 2.45) is 5.73 Å². The normalized spacial score (nSPS) is 13.3. The van der Waals surface area contributed by atoms with Crippen LogP contribution in [0, 0.1) is 0 Å². The van der Waals surface area contributed by atoms with Gasteiger partial charge in [-0.25, -0.2) is 4.57 Å². The Labute approximate surface area is 325 Å². The highest BCUT2D eigenvalue weighted by Gasteiger charge is 2.26. The van der Waals surface area contributed by atoms with Crippen LogP contribution in [-0.2, 0) is 32.7 Å². The number of rotatable bonds is 42. The quantitative estimate of drug-likeness (QED) is 0.0269. The van der Waals surface area contributed by atoms with E-state index in [-0.39, 0.29) is 38.6 Å². The standard InChI is InChI=1S/C43H82NO8P/c1-3-5-7-9-11-13-15-17-19-20-22-24-26-28-30-32-34-36-43(46)52-41(40-51-53(47,48)50-38-37-44)39-49-42(45)35-33-31-29-27-25-23-21-18-16-14-12-10-8-6-4-2/h4,17,19,41H,2-3,5-16,18,20-40,44H2,1H3,(H,47,48)/b19-17+/t41-/m1/s1. The van der Waals surface area contributed by atoms with Crippen LogP contribution >= 0.6 is 7.82 Å². The van der Waals surface area contributed by atoms with Gasteiger partial charge in [-0.3, -0.25) is 18.6 Å². The molecule has 0 saturated carbocycles. The first kappa shape index (κ1) is 51.5. The van der Waals surface area contributed by atoms with Gasteiger partial charge in [0.15, 0.2) is 6.10 Å². The average Bonchev–Trinajstić information content (AvgIpc) is 3.14. The lowest BCUT2D eigenvalue weighted by Gasteiger charge is -2.19. The number of phosphoric acid groups is 1. The minimum absolute atomic E-state index is 0.0534. The molecule has 0 saturated heterocycles. The molecule has 0 spiro atoms. The first-order valence-corrected chi connectivity index (χ1v) is 23.3. The SMILES string of the molecule is C=CCCCCCCCCCCCCCCCC(=O)OC[C@H](COP(=O)(O)OCCN)OC(=O)CCCCCCCCC/C=C/CCCCCCCC. The summed E-state index contributed by atoms with van der Waals surface area (Å²) in [4.78, 5) is 34.9. The Morgan fingerprint density at radius 3 is 1.47 bits per heavy atom. The van der Waals surface area contributed by atoms with Gasteiger partial charge in [0, 0.05) is 19.4 Å². The largest absolute Gasteiger partial charge is 0.472 e. The zero-order valence-corrected chi connectivity index (χ0v) is 35.0. The number of unbranched alkanes of at least 4 members (excludes halogenated alkanes) is 26. The molecule has 0 aliphatic rings. The van der Waals surface area contributed by atoms with Crippen LogP contribution in [0.3, 0.4) is 0 Å². The molecule has 9 nitrogen and oxygen atoms in total. The topological polar surface area (TPSA) is 134 Å². The van der Waals surface area contributed by atoms with Crippen LogP contribution in [-0.4, -0.2) is 49.3 Å². The lowest BCUT2D eigenvalue weighted by molar-refractivity contribution is -0.161. The molecule has 0 aromatic rings. The summed E-state index contributed by atoms with van der Waals surface area (Å²) in [7, 11) is -4.37. The summed E-state index contributed by atoms with van der Waals surface area (Å²) in [5, 5.41) is 0. The van der Waals surface area contributed by atoms with Gasteiger partial charge in [0.1, 0.15) is 6.61 Å². The molecule has 312 valence electrons. The Bertz CT molecular complexity index is 915. The van der Waals surface area contributed by atoms with E-state index in [9.17, 15) is 19.0 Å². The number of esters is 2. The number of hydrogen-bond acceptors (Lipinski definition) is 8. The number of ether oxygens (including phenoxy) is 2. The van der Waals surface area contributed by atoms with Gasteiger partial charge in [-0.15, -0.1) is 6.58 Å². The summed E-state index contributed by atoms with van der Waals surface area (Å²) >= 11 is 0. The van der Waals surface area contributed by atoms with Crippen LogP contribution in [0.1, 0.15) is 206 Å². The minimum atomic E-state index is -4.37. The number of allylic oxidation sites excluding steroid dienone is 3. The van der Waals surface area contributed by atoms with E-state index in [1.165, 1.54) is 128 Å². The maximum absolute atomic E-state index is 12.6. The summed E-state index contributed by atoms with van der Waals surface area (Å²) in [5.41, 5.74) is 5.35. The average molecular weight is 772 g/mol. The number of carbonyl (C=O) groups excluding carboxylic acids is 2. The van der Waals surface area contributed by atoms with Crippen LogP contribution in [0.25, 0.3) is 0 Å². The van der Waals surface area contributed by atoms with Crippen LogP contribution in [0.4, 0.5) is 0 Å². The molecule has 0 aromatic carbocycles. The molecular formula is C43H82NO8P. The lowest BCUT2D eigenvalue weighted by Crippen LogP contribution is -2.29. The molecule has 0 radical (unpaired) electrons. The van der Waals surface area contributed by atoms with Crippen molar-refractivity contribution in [3.05, 3.63) is 24.8 Å². The van der Waals surface area contributed by atoms with Crippen molar-refractivity contribution in [3.63, 3.8) is 0 Å². The van der Waals surface area contributed by atoms with Crippen molar-refractivity contribution in [2.75, 3.05) is 26.4 Å². The Balaban J connectivity index is 4.12. The van der Waals surface area contributed by atoms with E-state index in [1.807, 2.05) is 6.08 Å². The van der Waals surface area contributed by atoms with Crippen LogP contribution in [0.15, 0.2) is 24.8 Å². The highest BCUT2D eigenvalue weighted by Crippen LogP contribution is 2.43. The van der Waals surface area contributed by atoms with Crippen LogP contribution < -0.4 is 5.73 Å². The predicted molar refractivity (Wildman–Crippen MR) is 220 cm³/mol. The smallest absolute Gasteiger partial charge is 0.462 e. The highest BCUT2D eigenvalue weighted by atomic mass is 31.2. The Morgan fingerprint density at radius 1 is 0.604 bits per heavy atom. The molecule has 0 aromatic heterocycles. The van der Waals surface area contributed by atoms with E-state index in [0.29, 0.717) is 6.42 Å². The monoisotopic (exact) mass is 772 g/mol. The van der Waals surface area contributed by atoms with Crippen molar-refractivity contribution < 1.29 is 37.6 Å². The highest BCUT2D eigenvalue weighted by molar-refractivity contribution is 7.47. The van der Waals surface area contributed by atoms with Gasteiger partial charge in [0.2, 0.25) is 0 Å². The zero-order valence-electron chi connectivity index (χ0n) is 34.1. The maximum Gasteiger partial charge on any atom is 0.472 e. The molecule has 10 heteroatoms. The molecule has 1 unspecified atom stereocenters. The molecule has 2 atom stereocenters.